The molecule has 7 nitrogen and oxygen atoms in total. The van der Waals surface area contributed by atoms with Gasteiger partial charge >= 0.3 is 0 Å². The second-order valence-electron chi connectivity index (χ2n) is 14.1. The average Bonchev–Trinajstić information content (AvgIpc) is 2.90. The van der Waals surface area contributed by atoms with Gasteiger partial charge in [-0.2, -0.15) is 0 Å². The Morgan fingerprint density at radius 1 is 1.05 bits per heavy atom. The Bertz CT molecular complexity index is 1620. The van der Waals surface area contributed by atoms with Gasteiger partial charge in [0.1, 0.15) is 22.8 Å². The van der Waals surface area contributed by atoms with E-state index in [0.717, 1.165) is 43.7 Å². The molecule has 5 rings (SSSR count). The number of aromatic hydroxyl groups is 1. The maximum absolute atomic E-state index is 14.5. The first-order valence-electron chi connectivity index (χ1n) is 15.3. The van der Waals surface area contributed by atoms with E-state index in [1.54, 1.807) is 20.8 Å². The van der Waals surface area contributed by atoms with Crippen LogP contribution in [0.4, 0.5) is 0 Å². The molecule has 7 heteroatoms. The molecule has 0 saturated heterocycles. The van der Waals surface area contributed by atoms with Gasteiger partial charge in [0.25, 0.3) is 0 Å². The van der Waals surface area contributed by atoms with Crippen molar-refractivity contribution in [2.45, 2.75) is 98.5 Å². The molecule has 0 amide bonds. The Hall–Kier alpha value is -3.63. The number of ketones is 3. The van der Waals surface area contributed by atoms with Crippen molar-refractivity contribution in [1.82, 2.24) is 0 Å². The van der Waals surface area contributed by atoms with Crippen molar-refractivity contribution in [3.63, 3.8) is 0 Å². The third-order valence-electron chi connectivity index (χ3n) is 10.3. The number of carbonyl (C=O) groups is 3. The zero-order chi connectivity index (χ0) is 31.8. The molecule has 0 aromatic heterocycles. The highest BCUT2D eigenvalue weighted by Crippen LogP contribution is 2.65. The van der Waals surface area contributed by atoms with E-state index in [0.29, 0.717) is 11.1 Å². The van der Waals surface area contributed by atoms with Gasteiger partial charge in [-0.3, -0.25) is 14.4 Å². The van der Waals surface area contributed by atoms with Crippen molar-refractivity contribution < 1.29 is 34.8 Å². The van der Waals surface area contributed by atoms with Gasteiger partial charge in [0.2, 0.25) is 5.78 Å². The summed E-state index contributed by atoms with van der Waals surface area (Å²) in [5, 5.41) is 47.0. The standard InChI is InChI=1S/C36H42O7/c1-18(2)23-15-22(14-13-21-11-9-8-10-12-21)29(38)26-24(23)16-34(6)17-35(7)27(19(3)4)30(39)25(20(5)37)32(41)36(35,43)33(42)28(34)31(26)40/h11,15,18-19,27,38,40-41,43H,8-10,12,16-17H2,1-7H3/t27?,34-,35-,36+/m1/s1. The van der Waals surface area contributed by atoms with Crippen LogP contribution in [0.1, 0.15) is 109 Å². The van der Waals surface area contributed by atoms with Crippen LogP contribution in [0.15, 0.2) is 34.6 Å². The Kier molecular flexibility index (Phi) is 7.33. The monoisotopic (exact) mass is 586 g/mol. The Labute approximate surface area is 253 Å². The molecule has 1 fully saturated rings. The topological polar surface area (TPSA) is 132 Å². The number of allylic oxidation sites excluding steroid dienone is 3. The van der Waals surface area contributed by atoms with Crippen LogP contribution in [-0.4, -0.2) is 43.4 Å². The molecular weight excluding hydrogens is 544 g/mol. The molecule has 0 bridgehead atoms. The van der Waals surface area contributed by atoms with Gasteiger partial charge in [-0.1, -0.05) is 59.5 Å². The number of fused-ring (bicyclic) bond motifs is 3. The van der Waals surface area contributed by atoms with Crippen LogP contribution in [0.5, 0.6) is 5.75 Å². The first-order chi connectivity index (χ1) is 20.0. The molecule has 0 aliphatic heterocycles. The molecule has 0 spiro atoms. The van der Waals surface area contributed by atoms with Gasteiger partial charge in [-0.25, -0.2) is 0 Å². The Morgan fingerprint density at radius 2 is 1.72 bits per heavy atom. The van der Waals surface area contributed by atoms with Crippen molar-refractivity contribution in [2.75, 3.05) is 0 Å². The number of rotatable bonds is 3. The second-order valence-corrected chi connectivity index (χ2v) is 14.1. The highest BCUT2D eigenvalue weighted by molar-refractivity contribution is 6.24. The third-order valence-corrected chi connectivity index (χ3v) is 10.3. The van der Waals surface area contributed by atoms with Crippen LogP contribution < -0.4 is 0 Å². The number of carbonyl (C=O) groups excluding carboxylic acids is 3. The van der Waals surface area contributed by atoms with Crippen LogP contribution >= 0.6 is 0 Å². The number of benzene rings is 1. The summed E-state index contributed by atoms with van der Waals surface area (Å²) in [6, 6.07) is 1.86. The molecule has 4 atom stereocenters. The summed E-state index contributed by atoms with van der Waals surface area (Å²) in [5.74, 6) is 0.976. The molecule has 4 aliphatic rings. The predicted octanol–water partition coefficient (Wildman–Crippen LogP) is 6.17. The van der Waals surface area contributed by atoms with Crippen molar-refractivity contribution in [1.29, 1.82) is 0 Å². The summed E-state index contributed by atoms with van der Waals surface area (Å²) in [6.45, 7) is 12.2. The van der Waals surface area contributed by atoms with E-state index >= 15 is 0 Å². The first-order valence-corrected chi connectivity index (χ1v) is 15.3. The van der Waals surface area contributed by atoms with E-state index in [2.05, 4.69) is 17.9 Å². The number of hydrogen-bond donors (Lipinski definition) is 4. The maximum atomic E-state index is 14.5. The Morgan fingerprint density at radius 3 is 2.28 bits per heavy atom. The van der Waals surface area contributed by atoms with Gasteiger partial charge in [0, 0.05) is 22.3 Å². The van der Waals surface area contributed by atoms with Gasteiger partial charge in [0.05, 0.1) is 11.1 Å². The summed E-state index contributed by atoms with van der Waals surface area (Å²) >= 11 is 0. The molecule has 4 N–H and O–H groups in total. The fourth-order valence-electron chi connectivity index (χ4n) is 8.52. The number of Topliss-reactive ketones (excluding diaryl/α,β-unsaturated/α-hetero) is 3. The van der Waals surface area contributed by atoms with Crippen LogP contribution in [0.3, 0.4) is 0 Å². The maximum Gasteiger partial charge on any atom is 0.203 e. The van der Waals surface area contributed by atoms with Gasteiger partial charge in [-0.15, -0.1) is 0 Å². The quantitative estimate of drug-likeness (QED) is 0.246. The SMILES string of the molecule is CC(=O)C1=C(O)[C@]2(O)C(=O)C3=C(O)c4c(O)c(C#CC5=CCCCC5)cc(C(C)C)c4C[C@]3(C)C[C@]2(C)C(C(C)C)C1=O. The zero-order valence-corrected chi connectivity index (χ0v) is 26.1. The molecule has 1 saturated carbocycles. The van der Waals surface area contributed by atoms with Crippen LogP contribution in [0.2, 0.25) is 0 Å². The van der Waals surface area contributed by atoms with E-state index in [4.69, 9.17) is 0 Å². The summed E-state index contributed by atoms with van der Waals surface area (Å²) in [5.41, 5.74) is -2.86. The molecular formula is C36H42O7. The smallest absolute Gasteiger partial charge is 0.203 e. The van der Waals surface area contributed by atoms with Crippen LogP contribution in [0, 0.1) is 34.5 Å². The lowest BCUT2D eigenvalue weighted by Crippen LogP contribution is -2.69. The van der Waals surface area contributed by atoms with Gasteiger partial charge in [-0.05, 0) is 80.1 Å². The van der Waals surface area contributed by atoms with E-state index in [1.165, 1.54) is 0 Å². The summed E-state index contributed by atoms with van der Waals surface area (Å²) < 4.78 is 0. The predicted molar refractivity (Wildman–Crippen MR) is 163 cm³/mol. The average molecular weight is 587 g/mol. The Balaban J connectivity index is 1.79. The normalized spacial score (nSPS) is 30.5. The van der Waals surface area contributed by atoms with Gasteiger partial charge in [0.15, 0.2) is 17.2 Å². The van der Waals surface area contributed by atoms with Crippen molar-refractivity contribution in [3.8, 4) is 17.6 Å². The number of aliphatic hydroxyl groups excluding tert-OH is 2. The van der Waals surface area contributed by atoms with E-state index in [1.807, 2.05) is 26.8 Å². The highest BCUT2D eigenvalue weighted by Gasteiger charge is 2.72. The molecule has 43 heavy (non-hydrogen) atoms. The molecule has 228 valence electrons. The number of phenolic OH excluding ortho intramolecular Hbond substituents is 1. The van der Waals surface area contributed by atoms with Crippen LogP contribution in [-0.2, 0) is 20.8 Å². The molecule has 4 aliphatic carbocycles. The molecule has 1 aromatic rings. The van der Waals surface area contributed by atoms with E-state index in [-0.39, 0.29) is 41.6 Å². The van der Waals surface area contributed by atoms with Gasteiger partial charge < -0.3 is 20.4 Å². The summed E-state index contributed by atoms with van der Waals surface area (Å²) in [7, 11) is 0. The van der Waals surface area contributed by atoms with Crippen molar-refractivity contribution >= 4 is 23.1 Å². The fourth-order valence-corrected chi connectivity index (χ4v) is 8.52. The molecule has 0 radical (unpaired) electrons. The minimum atomic E-state index is -2.63. The first kappa shape index (κ1) is 30.8. The minimum Gasteiger partial charge on any atom is -0.508 e. The lowest BCUT2D eigenvalue weighted by Gasteiger charge is -2.59. The summed E-state index contributed by atoms with van der Waals surface area (Å²) in [6.07, 6.45) is 6.43. The molecule has 1 aromatic carbocycles. The largest absolute Gasteiger partial charge is 0.508 e. The number of phenols is 1. The second kappa shape index (κ2) is 10.2. The highest BCUT2D eigenvalue weighted by atomic mass is 16.3. The fraction of sp³-hybridized carbons (Fsp3) is 0.528. The number of hydrogen-bond acceptors (Lipinski definition) is 7. The van der Waals surface area contributed by atoms with Crippen LogP contribution in [0.25, 0.3) is 5.76 Å². The summed E-state index contributed by atoms with van der Waals surface area (Å²) in [4.78, 5) is 40.8. The number of aliphatic hydroxyl groups is 3. The minimum absolute atomic E-state index is 0.00155. The molecule has 1 unspecified atom stereocenters. The lowest BCUT2D eigenvalue weighted by molar-refractivity contribution is -0.178. The van der Waals surface area contributed by atoms with Crippen molar-refractivity contribution in [2.24, 2.45) is 22.7 Å². The van der Waals surface area contributed by atoms with E-state index in [9.17, 15) is 34.8 Å². The lowest BCUT2D eigenvalue weighted by atomic mass is 9.43. The van der Waals surface area contributed by atoms with E-state index < -0.39 is 56.8 Å². The third kappa shape index (κ3) is 4.24. The zero-order valence-electron chi connectivity index (χ0n) is 26.1. The molecule has 0 heterocycles. The van der Waals surface area contributed by atoms with Crippen molar-refractivity contribution in [3.05, 3.63) is 56.9 Å².